The largest absolute Gasteiger partial charge is 0.317 e. The molecule has 0 saturated carbocycles. The Hall–Kier alpha value is -0.370. The minimum Gasteiger partial charge on any atom is -0.317 e. The molecule has 0 rings (SSSR count). The van der Waals surface area contributed by atoms with Crippen LogP contribution in [0.25, 0.3) is 0 Å². The van der Waals surface area contributed by atoms with Crippen molar-refractivity contribution in [2.45, 2.75) is 34.1 Å². The first kappa shape index (κ1) is 12.3. The summed E-state index contributed by atoms with van der Waals surface area (Å²) in [5.41, 5.74) is 0. The van der Waals surface area contributed by atoms with Crippen molar-refractivity contribution in [2.24, 2.45) is 0 Å². The lowest BCUT2D eigenvalue weighted by atomic mass is 10.4. The molecule has 0 aliphatic rings. The molecule has 0 bridgehead atoms. The van der Waals surface area contributed by atoms with Crippen molar-refractivity contribution in [3.8, 4) is 0 Å². The van der Waals surface area contributed by atoms with Crippen LogP contribution in [0.15, 0.2) is 0 Å². The first-order valence-corrected chi connectivity index (χ1v) is 3.89. The van der Waals surface area contributed by atoms with Gasteiger partial charge in [0.05, 0.1) is 0 Å². The van der Waals surface area contributed by atoms with Gasteiger partial charge in [-0.3, -0.25) is 0 Å². The summed E-state index contributed by atoms with van der Waals surface area (Å²) in [5.74, 6) is 0.255. The molecule has 0 saturated heterocycles. The van der Waals surface area contributed by atoms with E-state index in [1.807, 2.05) is 6.92 Å². The van der Waals surface area contributed by atoms with Gasteiger partial charge in [-0.2, -0.15) is 0 Å². The molecule has 0 spiro atoms. The lowest BCUT2D eigenvalue weighted by molar-refractivity contribution is -0.116. The van der Waals surface area contributed by atoms with E-state index in [2.05, 4.69) is 19.2 Å². The van der Waals surface area contributed by atoms with Crippen molar-refractivity contribution >= 4 is 5.78 Å². The molecule has 0 aromatic carbocycles. The van der Waals surface area contributed by atoms with E-state index in [1.54, 1.807) is 6.92 Å². The van der Waals surface area contributed by atoms with Gasteiger partial charge in [-0.05, 0) is 20.0 Å². The van der Waals surface area contributed by atoms with Gasteiger partial charge in [-0.15, -0.1) is 0 Å². The second kappa shape index (κ2) is 11.4. The first-order valence-electron chi connectivity index (χ1n) is 3.89. The van der Waals surface area contributed by atoms with Crippen molar-refractivity contribution in [1.82, 2.24) is 5.32 Å². The molecule has 10 heavy (non-hydrogen) atoms. The van der Waals surface area contributed by atoms with Crippen LogP contribution in [0.5, 0.6) is 0 Å². The summed E-state index contributed by atoms with van der Waals surface area (Å²) in [5, 5.41) is 3.11. The van der Waals surface area contributed by atoms with Crippen molar-refractivity contribution in [1.29, 1.82) is 0 Å². The molecule has 0 aromatic rings. The van der Waals surface area contributed by atoms with Crippen LogP contribution in [-0.4, -0.2) is 18.9 Å². The summed E-state index contributed by atoms with van der Waals surface area (Å²) < 4.78 is 0. The van der Waals surface area contributed by atoms with Gasteiger partial charge in [-0.1, -0.05) is 20.8 Å². The molecule has 0 aliphatic carbocycles. The third-order valence-electron chi connectivity index (χ3n) is 0.998. The average Bonchev–Trinajstić information content (AvgIpc) is 1.91. The molecule has 1 N–H and O–H groups in total. The van der Waals surface area contributed by atoms with Crippen LogP contribution in [0.1, 0.15) is 34.1 Å². The number of Topliss-reactive ketones (excluding diaryl/α,β-unsaturated/α-hetero) is 1. The standard InChI is InChI=1S/C4H11N.C4H8O/c1-3-5-4-2;1-3-4(2)5/h5H,3-4H2,1-2H3;3H2,1-2H3. The normalized spacial score (nSPS) is 8.00. The highest BCUT2D eigenvalue weighted by atomic mass is 16.1. The zero-order chi connectivity index (χ0) is 8.41. The van der Waals surface area contributed by atoms with E-state index in [0.29, 0.717) is 6.42 Å². The molecule has 0 atom stereocenters. The SMILES string of the molecule is CCC(C)=O.CCNCC. The Morgan fingerprint density at radius 2 is 1.50 bits per heavy atom. The van der Waals surface area contributed by atoms with Gasteiger partial charge in [0.25, 0.3) is 0 Å². The summed E-state index contributed by atoms with van der Waals surface area (Å²) in [4.78, 5) is 9.81. The summed E-state index contributed by atoms with van der Waals surface area (Å²) >= 11 is 0. The fourth-order valence-corrected chi connectivity index (χ4v) is 0.250. The number of hydrogen-bond acceptors (Lipinski definition) is 2. The van der Waals surface area contributed by atoms with Gasteiger partial charge in [0.2, 0.25) is 0 Å². The zero-order valence-electron chi connectivity index (χ0n) is 7.53. The number of hydrogen-bond donors (Lipinski definition) is 1. The summed E-state index contributed by atoms with van der Waals surface area (Å²) in [6.45, 7) is 9.82. The number of carbonyl (C=O) groups is 1. The van der Waals surface area contributed by atoms with Crippen molar-refractivity contribution in [3.05, 3.63) is 0 Å². The molecule has 0 aromatic heterocycles. The minimum absolute atomic E-state index is 0.255. The van der Waals surface area contributed by atoms with Crippen LogP contribution in [0.2, 0.25) is 0 Å². The maximum atomic E-state index is 9.81. The van der Waals surface area contributed by atoms with Gasteiger partial charge in [0.1, 0.15) is 5.78 Å². The third-order valence-corrected chi connectivity index (χ3v) is 0.998. The maximum Gasteiger partial charge on any atom is 0.129 e. The van der Waals surface area contributed by atoms with E-state index < -0.39 is 0 Å². The van der Waals surface area contributed by atoms with E-state index in [0.717, 1.165) is 13.1 Å². The fraction of sp³-hybridized carbons (Fsp3) is 0.875. The molecule has 0 amide bonds. The van der Waals surface area contributed by atoms with Gasteiger partial charge < -0.3 is 10.1 Å². The predicted octanol–water partition coefficient (Wildman–Crippen LogP) is 1.60. The van der Waals surface area contributed by atoms with E-state index in [-0.39, 0.29) is 5.78 Å². The molecule has 2 heteroatoms. The highest BCUT2D eigenvalue weighted by molar-refractivity contribution is 5.74. The molecule has 0 unspecified atom stereocenters. The monoisotopic (exact) mass is 145 g/mol. The lowest BCUT2D eigenvalue weighted by Crippen LogP contribution is -2.09. The van der Waals surface area contributed by atoms with Crippen LogP contribution in [0.4, 0.5) is 0 Å². The fourth-order valence-electron chi connectivity index (χ4n) is 0.250. The molecule has 0 heterocycles. The Morgan fingerprint density at radius 1 is 1.20 bits per heavy atom. The number of ketones is 1. The number of carbonyl (C=O) groups excluding carboxylic acids is 1. The van der Waals surface area contributed by atoms with Crippen LogP contribution in [0.3, 0.4) is 0 Å². The maximum absolute atomic E-state index is 9.81. The van der Waals surface area contributed by atoms with E-state index in [9.17, 15) is 4.79 Å². The molecule has 0 aliphatic heterocycles. The van der Waals surface area contributed by atoms with Gasteiger partial charge in [-0.25, -0.2) is 0 Å². The van der Waals surface area contributed by atoms with Crippen molar-refractivity contribution in [2.75, 3.05) is 13.1 Å². The number of rotatable bonds is 3. The first-order chi connectivity index (χ1) is 4.68. The molecule has 0 fully saturated rings. The molecule has 0 radical (unpaired) electrons. The quantitative estimate of drug-likeness (QED) is 0.653. The van der Waals surface area contributed by atoms with Crippen molar-refractivity contribution < 1.29 is 4.79 Å². The average molecular weight is 145 g/mol. The highest BCUT2D eigenvalue weighted by Gasteiger charge is 1.76. The third kappa shape index (κ3) is 25.5. The predicted molar refractivity (Wildman–Crippen MR) is 45.2 cm³/mol. The highest BCUT2D eigenvalue weighted by Crippen LogP contribution is 1.71. The Labute approximate surface area is 64.0 Å². The summed E-state index contributed by atoms with van der Waals surface area (Å²) in [6, 6.07) is 0. The minimum atomic E-state index is 0.255. The molecule has 62 valence electrons. The van der Waals surface area contributed by atoms with Crippen LogP contribution in [0, 0.1) is 0 Å². The van der Waals surface area contributed by atoms with Gasteiger partial charge in [0, 0.05) is 6.42 Å². The Balaban J connectivity index is 0. The van der Waals surface area contributed by atoms with Gasteiger partial charge >= 0.3 is 0 Å². The topological polar surface area (TPSA) is 29.1 Å². The van der Waals surface area contributed by atoms with Crippen LogP contribution < -0.4 is 5.32 Å². The van der Waals surface area contributed by atoms with E-state index >= 15 is 0 Å². The Morgan fingerprint density at radius 3 is 1.50 bits per heavy atom. The Kier molecular flexibility index (Phi) is 14.1. The second-order valence-electron chi connectivity index (χ2n) is 2.01. The van der Waals surface area contributed by atoms with E-state index in [1.165, 1.54) is 0 Å². The molecular formula is C8H19NO. The van der Waals surface area contributed by atoms with Crippen LogP contribution >= 0.6 is 0 Å². The van der Waals surface area contributed by atoms with Crippen molar-refractivity contribution in [3.63, 3.8) is 0 Å². The Bertz CT molecular complexity index is 69.7. The van der Waals surface area contributed by atoms with Gasteiger partial charge in [0.15, 0.2) is 0 Å². The zero-order valence-corrected chi connectivity index (χ0v) is 7.53. The second-order valence-corrected chi connectivity index (χ2v) is 2.01. The van der Waals surface area contributed by atoms with Crippen LogP contribution in [-0.2, 0) is 4.79 Å². The summed E-state index contributed by atoms with van der Waals surface area (Å²) in [6.07, 6.45) is 0.667. The summed E-state index contributed by atoms with van der Waals surface area (Å²) in [7, 11) is 0. The smallest absolute Gasteiger partial charge is 0.129 e. The number of nitrogens with one attached hydrogen (secondary N) is 1. The lowest BCUT2D eigenvalue weighted by Gasteiger charge is -1.86. The van der Waals surface area contributed by atoms with E-state index in [4.69, 9.17) is 0 Å². The molecular weight excluding hydrogens is 126 g/mol. The molecule has 2 nitrogen and oxygen atoms in total.